The molecule has 6 heteroatoms. The van der Waals surface area contributed by atoms with Gasteiger partial charge < -0.3 is 10.4 Å². The Morgan fingerprint density at radius 2 is 1.94 bits per heavy atom. The minimum absolute atomic E-state index is 0.00610. The molecule has 0 bridgehead atoms. The van der Waals surface area contributed by atoms with Crippen molar-refractivity contribution in [2.24, 2.45) is 0 Å². The van der Waals surface area contributed by atoms with Gasteiger partial charge in [0.1, 0.15) is 0 Å². The maximum Gasteiger partial charge on any atom is 0.305 e. The van der Waals surface area contributed by atoms with Crippen LogP contribution < -0.4 is 5.32 Å². The number of benzene rings is 1. The van der Waals surface area contributed by atoms with Crippen molar-refractivity contribution >= 4 is 17.3 Å². The summed E-state index contributed by atoms with van der Waals surface area (Å²) in [6.45, 7) is 3.51. The van der Waals surface area contributed by atoms with Crippen LogP contribution in [0.2, 0.25) is 0 Å². The summed E-state index contributed by atoms with van der Waals surface area (Å²) in [6, 6.07) is 5.86. The van der Waals surface area contributed by atoms with Crippen molar-refractivity contribution < 1.29 is 14.8 Å². The van der Waals surface area contributed by atoms with Gasteiger partial charge >= 0.3 is 5.97 Å². The van der Waals surface area contributed by atoms with Crippen molar-refractivity contribution in [1.82, 2.24) is 0 Å². The van der Waals surface area contributed by atoms with Gasteiger partial charge in [-0.1, -0.05) is 0 Å². The number of nitrogens with one attached hydrogen (secondary N) is 1. The van der Waals surface area contributed by atoms with Gasteiger partial charge in [0, 0.05) is 23.4 Å². The lowest BCUT2D eigenvalue weighted by Gasteiger charge is -2.25. The quantitative estimate of drug-likeness (QED) is 0.606. The number of carbonyl (C=O) groups is 1. The number of nitro groups is 1. The third-order valence-electron chi connectivity index (χ3n) is 2.15. The number of nitro benzene ring substituents is 1. The number of anilines is 1. The van der Waals surface area contributed by atoms with Crippen LogP contribution in [0.5, 0.6) is 0 Å². The molecule has 0 amide bonds. The van der Waals surface area contributed by atoms with Gasteiger partial charge in [-0.25, -0.2) is 0 Å². The first-order valence-electron chi connectivity index (χ1n) is 5.04. The van der Waals surface area contributed by atoms with E-state index in [0.29, 0.717) is 5.69 Å². The zero-order chi connectivity index (χ0) is 13.1. The number of hydrogen-bond acceptors (Lipinski definition) is 4. The zero-order valence-corrected chi connectivity index (χ0v) is 9.64. The molecule has 17 heavy (non-hydrogen) atoms. The molecule has 1 aromatic carbocycles. The fourth-order valence-electron chi connectivity index (χ4n) is 1.48. The smallest absolute Gasteiger partial charge is 0.305 e. The van der Waals surface area contributed by atoms with Gasteiger partial charge in [0.2, 0.25) is 0 Å². The van der Waals surface area contributed by atoms with Crippen LogP contribution in [0.15, 0.2) is 24.3 Å². The molecule has 0 atom stereocenters. The Morgan fingerprint density at radius 1 is 1.41 bits per heavy atom. The Bertz CT molecular complexity index is 426. The fourth-order valence-corrected chi connectivity index (χ4v) is 1.48. The first-order valence-corrected chi connectivity index (χ1v) is 5.04. The molecule has 0 aliphatic carbocycles. The van der Waals surface area contributed by atoms with Gasteiger partial charge in [-0.15, -0.1) is 0 Å². The second-order valence-corrected chi connectivity index (χ2v) is 4.38. The van der Waals surface area contributed by atoms with Crippen LogP contribution in [-0.4, -0.2) is 21.5 Å². The maximum atomic E-state index is 10.6. The summed E-state index contributed by atoms with van der Waals surface area (Å²) < 4.78 is 0. The van der Waals surface area contributed by atoms with E-state index in [1.54, 1.807) is 26.0 Å². The SMILES string of the molecule is CC(C)(CC(=O)O)Nc1ccc([N+](=O)[O-])cc1. The molecule has 0 heterocycles. The standard InChI is InChI=1S/C11H14N2O4/c1-11(2,7-10(14)15)12-8-3-5-9(6-4-8)13(16)17/h3-6,12H,7H2,1-2H3,(H,14,15). The molecule has 0 spiro atoms. The second kappa shape index (κ2) is 4.82. The highest BCUT2D eigenvalue weighted by Gasteiger charge is 2.21. The van der Waals surface area contributed by atoms with E-state index in [-0.39, 0.29) is 12.1 Å². The molecule has 0 fully saturated rings. The predicted octanol–water partition coefficient (Wildman–Crippen LogP) is 2.26. The Kier molecular flexibility index (Phi) is 3.67. The van der Waals surface area contributed by atoms with Gasteiger partial charge in [-0.3, -0.25) is 14.9 Å². The molecular formula is C11H14N2O4. The van der Waals surface area contributed by atoms with Crippen molar-refractivity contribution in [2.45, 2.75) is 25.8 Å². The van der Waals surface area contributed by atoms with E-state index in [2.05, 4.69) is 5.32 Å². The minimum Gasteiger partial charge on any atom is -0.481 e. The third kappa shape index (κ3) is 4.10. The third-order valence-corrected chi connectivity index (χ3v) is 2.15. The number of aliphatic carboxylic acids is 1. The highest BCUT2D eigenvalue weighted by molar-refractivity contribution is 5.69. The average molecular weight is 238 g/mol. The van der Waals surface area contributed by atoms with Crippen LogP contribution in [0.4, 0.5) is 11.4 Å². The molecule has 1 rings (SSSR count). The lowest BCUT2D eigenvalue weighted by molar-refractivity contribution is -0.384. The number of rotatable bonds is 5. The maximum absolute atomic E-state index is 10.6. The van der Waals surface area contributed by atoms with Crippen molar-refractivity contribution in [2.75, 3.05) is 5.32 Å². The monoisotopic (exact) mass is 238 g/mol. The van der Waals surface area contributed by atoms with Crippen molar-refractivity contribution in [3.05, 3.63) is 34.4 Å². The summed E-state index contributed by atoms with van der Waals surface area (Å²) in [7, 11) is 0. The summed E-state index contributed by atoms with van der Waals surface area (Å²) in [5.41, 5.74) is 0.0514. The minimum atomic E-state index is -0.899. The Labute approximate surface area is 98.4 Å². The molecule has 0 unspecified atom stereocenters. The molecular weight excluding hydrogens is 224 g/mol. The van der Waals surface area contributed by atoms with E-state index >= 15 is 0 Å². The van der Waals surface area contributed by atoms with Crippen LogP contribution >= 0.6 is 0 Å². The number of non-ortho nitro benzene ring substituents is 1. The summed E-state index contributed by atoms with van der Waals surface area (Å²) >= 11 is 0. The van der Waals surface area contributed by atoms with Gasteiger partial charge in [-0.05, 0) is 26.0 Å². The molecule has 0 saturated heterocycles. The first-order chi connectivity index (χ1) is 7.80. The summed E-state index contributed by atoms with van der Waals surface area (Å²) in [5, 5.41) is 22.2. The van der Waals surface area contributed by atoms with E-state index < -0.39 is 16.4 Å². The summed E-state index contributed by atoms with van der Waals surface area (Å²) in [6.07, 6.45) is -0.0377. The van der Waals surface area contributed by atoms with E-state index in [0.717, 1.165) is 0 Å². The van der Waals surface area contributed by atoms with Gasteiger partial charge in [0.15, 0.2) is 0 Å². The number of carboxylic acid groups (broad SMARTS) is 1. The summed E-state index contributed by atoms with van der Waals surface area (Å²) in [5.74, 6) is -0.899. The lowest BCUT2D eigenvalue weighted by atomic mass is 10.0. The van der Waals surface area contributed by atoms with E-state index in [4.69, 9.17) is 5.11 Å². The molecule has 92 valence electrons. The van der Waals surface area contributed by atoms with Crippen LogP contribution in [0.25, 0.3) is 0 Å². The fraction of sp³-hybridized carbons (Fsp3) is 0.364. The number of nitrogens with zero attached hydrogens (tertiary/aromatic N) is 1. The van der Waals surface area contributed by atoms with Crippen LogP contribution in [0.1, 0.15) is 20.3 Å². The molecule has 0 aromatic heterocycles. The van der Waals surface area contributed by atoms with Crippen LogP contribution in [0.3, 0.4) is 0 Å². The van der Waals surface area contributed by atoms with Crippen LogP contribution in [0, 0.1) is 10.1 Å². The van der Waals surface area contributed by atoms with Crippen molar-refractivity contribution in [3.8, 4) is 0 Å². The average Bonchev–Trinajstić information content (AvgIpc) is 2.15. The Balaban J connectivity index is 2.75. The molecule has 6 nitrogen and oxygen atoms in total. The van der Waals surface area contributed by atoms with E-state index in [9.17, 15) is 14.9 Å². The van der Waals surface area contributed by atoms with Crippen molar-refractivity contribution in [1.29, 1.82) is 0 Å². The predicted molar refractivity (Wildman–Crippen MR) is 63.1 cm³/mol. The Morgan fingerprint density at radius 3 is 2.35 bits per heavy atom. The molecule has 2 N–H and O–H groups in total. The first kappa shape index (κ1) is 13.0. The molecule has 0 aliphatic heterocycles. The zero-order valence-electron chi connectivity index (χ0n) is 9.64. The highest BCUT2D eigenvalue weighted by atomic mass is 16.6. The highest BCUT2D eigenvalue weighted by Crippen LogP contribution is 2.20. The largest absolute Gasteiger partial charge is 0.481 e. The molecule has 0 saturated carbocycles. The normalized spacial score (nSPS) is 10.9. The summed E-state index contributed by atoms with van der Waals surface area (Å²) in [4.78, 5) is 20.6. The van der Waals surface area contributed by atoms with Gasteiger partial charge in [0.05, 0.1) is 11.3 Å². The number of carboxylic acids is 1. The topological polar surface area (TPSA) is 92.5 Å². The molecule has 1 aromatic rings. The van der Waals surface area contributed by atoms with Gasteiger partial charge in [0.25, 0.3) is 5.69 Å². The lowest BCUT2D eigenvalue weighted by Crippen LogP contribution is -2.33. The molecule has 0 aliphatic rings. The number of hydrogen-bond donors (Lipinski definition) is 2. The van der Waals surface area contributed by atoms with Crippen molar-refractivity contribution in [3.63, 3.8) is 0 Å². The van der Waals surface area contributed by atoms with Gasteiger partial charge in [-0.2, -0.15) is 0 Å². The second-order valence-electron chi connectivity index (χ2n) is 4.38. The molecule has 0 radical (unpaired) electrons. The van der Waals surface area contributed by atoms with E-state index in [1.165, 1.54) is 12.1 Å². The van der Waals surface area contributed by atoms with Crippen LogP contribution in [-0.2, 0) is 4.79 Å². The van der Waals surface area contributed by atoms with E-state index in [1.807, 2.05) is 0 Å². The Hall–Kier alpha value is -2.11.